The van der Waals surface area contributed by atoms with E-state index in [1.165, 1.54) is 0 Å². The molecular weight excluding hydrogens is 206 g/mol. The van der Waals surface area contributed by atoms with Crippen LogP contribution in [0.3, 0.4) is 0 Å². The summed E-state index contributed by atoms with van der Waals surface area (Å²) in [6.07, 6.45) is 0.895. The van der Waals surface area contributed by atoms with E-state index in [-0.39, 0.29) is 5.75 Å². The van der Waals surface area contributed by atoms with E-state index in [9.17, 15) is 5.11 Å². The van der Waals surface area contributed by atoms with Gasteiger partial charge in [0.1, 0.15) is 5.75 Å². The first-order chi connectivity index (χ1) is 7.67. The summed E-state index contributed by atoms with van der Waals surface area (Å²) in [4.78, 5) is 2.17. The van der Waals surface area contributed by atoms with Crippen LogP contribution in [0.4, 0.5) is 0 Å². The van der Waals surface area contributed by atoms with Crippen molar-refractivity contribution in [1.29, 1.82) is 0 Å². The van der Waals surface area contributed by atoms with Gasteiger partial charge in [0.05, 0.1) is 14.2 Å². The van der Waals surface area contributed by atoms with E-state index in [0.717, 1.165) is 36.4 Å². The number of hydrogen-bond acceptors (Lipinski definition) is 4. The van der Waals surface area contributed by atoms with Crippen molar-refractivity contribution in [2.75, 3.05) is 27.8 Å². The summed E-state index contributed by atoms with van der Waals surface area (Å²) in [5.41, 5.74) is 2.02. The average Bonchev–Trinajstić information content (AvgIpc) is 2.30. The number of aromatic hydroxyl groups is 1. The smallest absolute Gasteiger partial charge is 0.164 e. The molecule has 1 aliphatic heterocycles. The van der Waals surface area contributed by atoms with Crippen molar-refractivity contribution in [2.45, 2.75) is 13.0 Å². The van der Waals surface area contributed by atoms with Crippen molar-refractivity contribution >= 4 is 0 Å². The Kier molecular flexibility index (Phi) is 2.92. The number of hydrogen-bond donors (Lipinski definition) is 1. The molecule has 1 aromatic carbocycles. The first-order valence-corrected chi connectivity index (χ1v) is 5.31. The molecule has 1 N–H and O–H groups in total. The Hall–Kier alpha value is -1.42. The molecule has 0 saturated heterocycles. The maximum Gasteiger partial charge on any atom is 0.164 e. The Bertz CT molecular complexity index is 404. The number of fused-ring (bicyclic) bond motifs is 1. The molecule has 0 atom stereocenters. The normalized spacial score (nSPS) is 15.7. The van der Waals surface area contributed by atoms with Gasteiger partial charge in [-0.2, -0.15) is 0 Å². The van der Waals surface area contributed by atoms with Crippen LogP contribution in [-0.2, 0) is 13.0 Å². The highest BCUT2D eigenvalue weighted by Gasteiger charge is 2.23. The Morgan fingerprint density at radius 3 is 2.50 bits per heavy atom. The third kappa shape index (κ3) is 1.69. The minimum atomic E-state index is 0.241. The van der Waals surface area contributed by atoms with Crippen molar-refractivity contribution in [3.05, 3.63) is 17.2 Å². The number of phenols is 1. The molecule has 0 aromatic heterocycles. The summed E-state index contributed by atoms with van der Waals surface area (Å²) in [6.45, 7) is 1.71. The van der Waals surface area contributed by atoms with E-state index >= 15 is 0 Å². The standard InChI is InChI=1S/C12H17NO3/c1-13-5-4-8-9(7-13)12(14)11(16-3)6-10(8)15-2/h6,14H,4-5,7H2,1-3H3. The molecule has 4 heteroatoms. The Balaban J connectivity index is 2.56. The Labute approximate surface area is 95.4 Å². The van der Waals surface area contributed by atoms with Gasteiger partial charge in [0.2, 0.25) is 0 Å². The van der Waals surface area contributed by atoms with Gasteiger partial charge in [0, 0.05) is 30.3 Å². The number of ether oxygens (including phenoxy) is 2. The lowest BCUT2D eigenvalue weighted by Gasteiger charge is -2.27. The van der Waals surface area contributed by atoms with Crippen LogP contribution in [-0.4, -0.2) is 37.8 Å². The molecule has 1 aliphatic rings. The summed E-state index contributed by atoms with van der Waals surface area (Å²) in [7, 11) is 5.23. The first-order valence-electron chi connectivity index (χ1n) is 5.31. The third-order valence-corrected chi connectivity index (χ3v) is 3.05. The summed E-state index contributed by atoms with van der Waals surface area (Å²) in [5.74, 6) is 1.52. The van der Waals surface area contributed by atoms with E-state index in [2.05, 4.69) is 4.90 Å². The Morgan fingerprint density at radius 1 is 1.19 bits per heavy atom. The van der Waals surface area contributed by atoms with E-state index in [1.54, 1.807) is 20.3 Å². The minimum Gasteiger partial charge on any atom is -0.504 e. The number of methoxy groups -OCH3 is 2. The van der Waals surface area contributed by atoms with Gasteiger partial charge in [-0.05, 0) is 13.5 Å². The molecule has 1 aromatic rings. The van der Waals surface area contributed by atoms with Crippen LogP contribution in [0.5, 0.6) is 17.2 Å². The van der Waals surface area contributed by atoms with Crippen molar-refractivity contribution < 1.29 is 14.6 Å². The van der Waals surface area contributed by atoms with Crippen molar-refractivity contribution in [3.63, 3.8) is 0 Å². The second-order valence-electron chi connectivity index (χ2n) is 4.07. The molecule has 0 fully saturated rings. The highest BCUT2D eigenvalue weighted by molar-refractivity contribution is 5.57. The molecule has 88 valence electrons. The molecule has 0 unspecified atom stereocenters. The van der Waals surface area contributed by atoms with Crippen molar-refractivity contribution in [2.24, 2.45) is 0 Å². The van der Waals surface area contributed by atoms with Gasteiger partial charge in [0.25, 0.3) is 0 Å². The summed E-state index contributed by atoms with van der Waals surface area (Å²) >= 11 is 0. The highest BCUT2D eigenvalue weighted by Crippen LogP contribution is 2.41. The molecule has 0 radical (unpaired) electrons. The molecular formula is C12H17NO3. The number of likely N-dealkylation sites (N-methyl/N-ethyl adjacent to an activating group) is 1. The number of phenolic OH excluding ortho intramolecular Hbond substituents is 1. The highest BCUT2D eigenvalue weighted by atomic mass is 16.5. The minimum absolute atomic E-state index is 0.241. The van der Waals surface area contributed by atoms with Crippen LogP contribution in [0.2, 0.25) is 0 Å². The zero-order chi connectivity index (χ0) is 11.7. The molecule has 0 saturated carbocycles. The van der Waals surface area contributed by atoms with Crippen molar-refractivity contribution in [1.82, 2.24) is 4.90 Å². The van der Waals surface area contributed by atoms with Crippen molar-refractivity contribution in [3.8, 4) is 17.2 Å². The summed E-state index contributed by atoms with van der Waals surface area (Å²) in [5, 5.41) is 10.1. The van der Waals surface area contributed by atoms with Crippen LogP contribution >= 0.6 is 0 Å². The third-order valence-electron chi connectivity index (χ3n) is 3.05. The molecule has 0 spiro atoms. The zero-order valence-corrected chi connectivity index (χ0v) is 9.91. The van der Waals surface area contributed by atoms with E-state index in [4.69, 9.17) is 9.47 Å². The van der Waals surface area contributed by atoms with E-state index in [1.807, 2.05) is 7.05 Å². The maximum atomic E-state index is 10.1. The lowest BCUT2D eigenvalue weighted by molar-refractivity contribution is 0.291. The second kappa shape index (κ2) is 4.22. The second-order valence-corrected chi connectivity index (χ2v) is 4.07. The molecule has 16 heavy (non-hydrogen) atoms. The van der Waals surface area contributed by atoms with Gasteiger partial charge in [-0.3, -0.25) is 0 Å². The van der Waals surface area contributed by atoms with Crippen LogP contribution in [0, 0.1) is 0 Å². The van der Waals surface area contributed by atoms with Crippen LogP contribution < -0.4 is 9.47 Å². The lowest BCUT2D eigenvalue weighted by Crippen LogP contribution is -2.27. The van der Waals surface area contributed by atoms with E-state index in [0.29, 0.717) is 5.75 Å². The SMILES string of the molecule is COc1cc(OC)c2c(c1O)CN(C)CC2. The Morgan fingerprint density at radius 2 is 1.88 bits per heavy atom. The van der Waals surface area contributed by atoms with Crippen LogP contribution in [0.1, 0.15) is 11.1 Å². The number of nitrogens with zero attached hydrogens (tertiary/aromatic N) is 1. The van der Waals surface area contributed by atoms with E-state index < -0.39 is 0 Å². The predicted molar refractivity (Wildman–Crippen MR) is 61.2 cm³/mol. The van der Waals surface area contributed by atoms with Gasteiger partial charge >= 0.3 is 0 Å². The molecule has 0 bridgehead atoms. The molecule has 4 nitrogen and oxygen atoms in total. The molecule has 1 heterocycles. The fourth-order valence-electron chi connectivity index (χ4n) is 2.15. The fraction of sp³-hybridized carbons (Fsp3) is 0.500. The quantitative estimate of drug-likeness (QED) is 0.823. The zero-order valence-electron chi connectivity index (χ0n) is 9.91. The predicted octanol–water partition coefficient (Wildman–Crippen LogP) is 1.40. The number of benzene rings is 1. The van der Waals surface area contributed by atoms with Gasteiger partial charge in [0.15, 0.2) is 11.5 Å². The van der Waals surface area contributed by atoms with Crippen LogP contribution in [0.25, 0.3) is 0 Å². The molecule has 0 aliphatic carbocycles. The van der Waals surface area contributed by atoms with Gasteiger partial charge in [-0.15, -0.1) is 0 Å². The maximum absolute atomic E-state index is 10.1. The fourth-order valence-corrected chi connectivity index (χ4v) is 2.15. The van der Waals surface area contributed by atoms with Crippen LogP contribution in [0.15, 0.2) is 6.07 Å². The first kappa shape index (κ1) is 11.1. The van der Waals surface area contributed by atoms with Gasteiger partial charge < -0.3 is 19.5 Å². The van der Waals surface area contributed by atoms with Gasteiger partial charge in [-0.25, -0.2) is 0 Å². The largest absolute Gasteiger partial charge is 0.504 e. The topological polar surface area (TPSA) is 41.9 Å². The van der Waals surface area contributed by atoms with Gasteiger partial charge in [-0.1, -0.05) is 0 Å². The lowest BCUT2D eigenvalue weighted by atomic mass is 9.97. The molecule has 2 rings (SSSR count). The summed E-state index contributed by atoms with van der Waals surface area (Å²) in [6, 6.07) is 1.75. The monoisotopic (exact) mass is 223 g/mol. The average molecular weight is 223 g/mol. The summed E-state index contributed by atoms with van der Waals surface area (Å²) < 4.78 is 10.5. The molecule has 0 amide bonds. The number of rotatable bonds is 2.